The van der Waals surface area contributed by atoms with Gasteiger partial charge in [-0.3, -0.25) is 9.36 Å². The van der Waals surface area contributed by atoms with E-state index in [0.717, 1.165) is 47.9 Å². The SMILES string of the molecule is Cn1cc(-c2cc3c(cc2F)N=C3c2cc(N3CCC(n4cccn4)C3)ncn2)cn1. The molecule has 31 heavy (non-hydrogen) atoms. The zero-order valence-corrected chi connectivity index (χ0v) is 16.9. The van der Waals surface area contributed by atoms with Crippen molar-refractivity contribution in [2.75, 3.05) is 18.0 Å². The average Bonchev–Trinajstić information content (AvgIpc) is 3.51. The molecule has 3 aromatic heterocycles. The van der Waals surface area contributed by atoms with Crippen molar-refractivity contribution in [3.63, 3.8) is 0 Å². The molecule has 0 bridgehead atoms. The highest BCUT2D eigenvalue weighted by Gasteiger charge is 2.28. The fourth-order valence-corrected chi connectivity index (χ4v) is 4.26. The van der Waals surface area contributed by atoms with E-state index in [-0.39, 0.29) is 5.82 Å². The summed E-state index contributed by atoms with van der Waals surface area (Å²) >= 11 is 0. The summed E-state index contributed by atoms with van der Waals surface area (Å²) in [5, 5.41) is 8.51. The second-order valence-electron chi connectivity index (χ2n) is 7.85. The van der Waals surface area contributed by atoms with Crippen LogP contribution >= 0.6 is 0 Å². The van der Waals surface area contributed by atoms with Crippen molar-refractivity contribution in [1.82, 2.24) is 29.5 Å². The van der Waals surface area contributed by atoms with Gasteiger partial charge in [0.25, 0.3) is 0 Å². The van der Waals surface area contributed by atoms with Crippen molar-refractivity contribution < 1.29 is 4.39 Å². The van der Waals surface area contributed by atoms with Crippen LogP contribution < -0.4 is 4.90 Å². The number of halogens is 1. The molecule has 0 N–H and O–H groups in total. The van der Waals surface area contributed by atoms with Crippen LogP contribution in [0.15, 0.2) is 60.4 Å². The molecule has 1 aromatic carbocycles. The first-order chi connectivity index (χ1) is 15.2. The molecule has 154 valence electrons. The summed E-state index contributed by atoms with van der Waals surface area (Å²) in [4.78, 5) is 15.7. The molecule has 9 heteroatoms. The first-order valence-electron chi connectivity index (χ1n) is 10.1. The lowest BCUT2D eigenvalue weighted by atomic mass is 9.94. The third-order valence-electron chi connectivity index (χ3n) is 5.87. The van der Waals surface area contributed by atoms with Gasteiger partial charge in [-0.15, -0.1) is 0 Å². The van der Waals surface area contributed by atoms with Crippen LogP contribution in [0.25, 0.3) is 11.1 Å². The van der Waals surface area contributed by atoms with Gasteiger partial charge in [0.1, 0.15) is 18.0 Å². The molecular weight excluding hydrogens is 395 g/mol. The molecule has 2 aliphatic rings. The summed E-state index contributed by atoms with van der Waals surface area (Å²) in [6.45, 7) is 1.75. The highest BCUT2D eigenvalue weighted by atomic mass is 19.1. The largest absolute Gasteiger partial charge is 0.354 e. The van der Waals surface area contributed by atoms with Gasteiger partial charge in [0, 0.05) is 67.6 Å². The Hall–Kier alpha value is -3.88. The number of rotatable bonds is 4. The zero-order chi connectivity index (χ0) is 20.9. The van der Waals surface area contributed by atoms with Crippen LogP contribution in [0.3, 0.4) is 0 Å². The molecular formula is C22H19FN8. The molecule has 2 aliphatic heterocycles. The molecule has 0 saturated carbocycles. The molecule has 1 saturated heterocycles. The minimum Gasteiger partial charge on any atom is -0.354 e. The maximum absolute atomic E-state index is 14.6. The molecule has 1 fully saturated rings. The van der Waals surface area contributed by atoms with Gasteiger partial charge >= 0.3 is 0 Å². The van der Waals surface area contributed by atoms with E-state index in [9.17, 15) is 4.39 Å². The Kier molecular flexibility index (Phi) is 3.95. The van der Waals surface area contributed by atoms with E-state index in [0.29, 0.717) is 17.3 Å². The quantitative estimate of drug-likeness (QED) is 0.452. The lowest BCUT2D eigenvalue weighted by molar-refractivity contribution is 0.494. The second-order valence-corrected chi connectivity index (χ2v) is 7.85. The molecule has 1 unspecified atom stereocenters. The molecule has 6 rings (SSSR count). The fraction of sp³-hybridized carbons (Fsp3) is 0.227. The predicted octanol–water partition coefficient (Wildman–Crippen LogP) is 3.15. The molecule has 0 aliphatic carbocycles. The van der Waals surface area contributed by atoms with Gasteiger partial charge in [-0.1, -0.05) is 0 Å². The van der Waals surface area contributed by atoms with Crippen LogP contribution in [0.1, 0.15) is 23.7 Å². The third kappa shape index (κ3) is 3.00. The Morgan fingerprint density at radius 2 is 2.03 bits per heavy atom. The molecule has 0 radical (unpaired) electrons. The van der Waals surface area contributed by atoms with Gasteiger partial charge in [0.15, 0.2) is 0 Å². The number of anilines is 1. The Bertz CT molecular complexity index is 1310. The number of hydrogen-bond donors (Lipinski definition) is 0. The van der Waals surface area contributed by atoms with Gasteiger partial charge in [-0.05, 0) is 18.6 Å². The molecule has 5 heterocycles. The molecule has 4 aromatic rings. The van der Waals surface area contributed by atoms with E-state index in [1.807, 2.05) is 36.1 Å². The number of aromatic nitrogens is 6. The fourth-order valence-electron chi connectivity index (χ4n) is 4.26. The number of fused-ring (bicyclic) bond motifs is 1. The summed E-state index contributed by atoms with van der Waals surface area (Å²) in [5.74, 6) is 0.560. The standard InChI is InChI=1S/C22H19FN8/c1-29-11-14(10-27-29)16-7-17-19(8-18(16)23)28-22(17)20-9-21(25-13-24-20)30-6-3-15(12-30)31-5-2-4-26-31/h2,4-5,7-11,13,15H,3,6,12H2,1H3. The van der Waals surface area contributed by atoms with Gasteiger partial charge in [-0.25, -0.2) is 19.4 Å². The maximum atomic E-state index is 14.6. The number of benzene rings is 1. The minimum absolute atomic E-state index is 0.306. The smallest absolute Gasteiger partial charge is 0.133 e. The van der Waals surface area contributed by atoms with Gasteiger partial charge < -0.3 is 4.90 Å². The summed E-state index contributed by atoms with van der Waals surface area (Å²) in [6, 6.07) is 7.54. The van der Waals surface area contributed by atoms with Crippen LogP contribution in [-0.4, -0.2) is 48.3 Å². The lowest BCUT2D eigenvalue weighted by Crippen LogP contribution is -2.23. The predicted molar refractivity (Wildman–Crippen MR) is 114 cm³/mol. The normalized spacial score (nSPS) is 17.4. The van der Waals surface area contributed by atoms with Crippen molar-refractivity contribution in [1.29, 1.82) is 0 Å². The van der Waals surface area contributed by atoms with E-state index >= 15 is 0 Å². The van der Waals surface area contributed by atoms with Gasteiger partial charge in [0.2, 0.25) is 0 Å². The van der Waals surface area contributed by atoms with Crippen LogP contribution in [-0.2, 0) is 7.05 Å². The monoisotopic (exact) mass is 414 g/mol. The first kappa shape index (κ1) is 17.9. The molecule has 8 nitrogen and oxygen atoms in total. The molecule has 0 spiro atoms. The summed E-state index contributed by atoms with van der Waals surface area (Å²) in [5.41, 5.74) is 4.27. The van der Waals surface area contributed by atoms with Gasteiger partial charge in [0.05, 0.1) is 29.3 Å². The molecule has 1 atom stereocenters. The maximum Gasteiger partial charge on any atom is 0.133 e. The topological polar surface area (TPSA) is 77.0 Å². The Morgan fingerprint density at radius 1 is 1.10 bits per heavy atom. The lowest BCUT2D eigenvalue weighted by Gasteiger charge is -2.21. The minimum atomic E-state index is -0.306. The highest BCUT2D eigenvalue weighted by Crippen LogP contribution is 2.38. The van der Waals surface area contributed by atoms with Crippen molar-refractivity contribution in [3.05, 3.63) is 72.5 Å². The van der Waals surface area contributed by atoms with Gasteiger partial charge in [-0.2, -0.15) is 10.2 Å². The van der Waals surface area contributed by atoms with E-state index < -0.39 is 0 Å². The average molecular weight is 414 g/mol. The van der Waals surface area contributed by atoms with Crippen molar-refractivity contribution in [2.24, 2.45) is 12.0 Å². The van der Waals surface area contributed by atoms with Crippen molar-refractivity contribution >= 4 is 17.2 Å². The molecule has 0 amide bonds. The van der Waals surface area contributed by atoms with E-state index in [1.54, 1.807) is 29.6 Å². The summed E-state index contributed by atoms with van der Waals surface area (Å²) < 4.78 is 18.2. The number of aryl methyl sites for hydroxylation is 1. The zero-order valence-electron chi connectivity index (χ0n) is 16.9. The Labute approximate surface area is 177 Å². The van der Waals surface area contributed by atoms with Crippen LogP contribution in [0.4, 0.5) is 15.9 Å². The third-order valence-corrected chi connectivity index (χ3v) is 5.87. The van der Waals surface area contributed by atoms with Crippen molar-refractivity contribution in [3.8, 4) is 11.1 Å². The first-order valence-corrected chi connectivity index (χ1v) is 10.1. The van der Waals surface area contributed by atoms with Crippen LogP contribution in [0, 0.1) is 5.82 Å². The number of aliphatic imine (C=N–C) groups is 1. The second kappa shape index (κ2) is 6.83. The van der Waals surface area contributed by atoms with Crippen LogP contribution in [0.5, 0.6) is 0 Å². The van der Waals surface area contributed by atoms with E-state index in [1.165, 1.54) is 6.07 Å². The van der Waals surface area contributed by atoms with E-state index in [2.05, 4.69) is 30.1 Å². The Morgan fingerprint density at radius 3 is 2.84 bits per heavy atom. The van der Waals surface area contributed by atoms with Crippen molar-refractivity contribution in [2.45, 2.75) is 12.5 Å². The number of hydrogen-bond acceptors (Lipinski definition) is 6. The summed E-state index contributed by atoms with van der Waals surface area (Å²) in [7, 11) is 1.81. The highest BCUT2D eigenvalue weighted by molar-refractivity contribution is 6.21. The number of nitrogens with zero attached hydrogens (tertiary/aromatic N) is 8. The summed E-state index contributed by atoms with van der Waals surface area (Å²) in [6.07, 6.45) is 9.84. The van der Waals surface area contributed by atoms with Crippen LogP contribution in [0.2, 0.25) is 0 Å². The van der Waals surface area contributed by atoms with E-state index in [4.69, 9.17) is 0 Å². The Balaban J connectivity index is 1.28.